The van der Waals surface area contributed by atoms with Gasteiger partial charge in [0.25, 0.3) is 11.5 Å². The molecule has 1 heterocycles. The maximum atomic E-state index is 11.7. The number of hydrogen-bond acceptors (Lipinski definition) is 6. The lowest BCUT2D eigenvalue weighted by molar-refractivity contribution is 0.0953. The highest BCUT2D eigenvalue weighted by molar-refractivity contribution is 5.94. The van der Waals surface area contributed by atoms with Crippen LogP contribution < -0.4 is 21.4 Å². The van der Waals surface area contributed by atoms with Gasteiger partial charge in [-0.3, -0.25) is 14.6 Å². The average molecular weight is 304 g/mol. The second-order valence-electron chi connectivity index (χ2n) is 4.12. The molecular weight excluding hydrogens is 292 g/mol. The van der Waals surface area contributed by atoms with Gasteiger partial charge in [-0.25, -0.2) is 10.2 Å². The number of ether oxygens (including phenoxy) is 1. The van der Waals surface area contributed by atoms with Crippen LogP contribution in [0.2, 0.25) is 0 Å². The summed E-state index contributed by atoms with van der Waals surface area (Å²) in [6, 6.07) is 4.48. The van der Waals surface area contributed by atoms with Crippen LogP contribution in [0.4, 0.5) is 0 Å². The van der Waals surface area contributed by atoms with Crippen LogP contribution in [0.3, 0.4) is 0 Å². The molecule has 0 aliphatic rings. The summed E-state index contributed by atoms with van der Waals surface area (Å²) in [6.45, 7) is 0. The molecule has 0 aliphatic heterocycles. The molecule has 114 valence electrons. The van der Waals surface area contributed by atoms with Crippen molar-refractivity contribution in [2.24, 2.45) is 5.10 Å². The second-order valence-corrected chi connectivity index (χ2v) is 4.12. The van der Waals surface area contributed by atoms with Crippen LogP contribution in [0.15, 0.2) is 39.1 Å². The summed E-state index contributed by atoms with van der Waals surface area (Å²) in [4.78, 5) is 38.1. The highest BCUT2D eigenvalue weighted by atomic mass is 16.5. The summed E-state index contributed by atoms with van der Waals surface area (Å²) in [7, 11) is 1.40. The molecule has 1 amide bonds. The van der Waals surface area contributed by atoms with Gasteiger partial charge in [0, 0.05) is 6.20 Å². The molecule has 0 saturated heterocycles. The van der Waals surface area contributed by atoms with Gasteiger partial charge in [-0.05, 0) is 23.8 Å². The predicted molar refractivity (Wildman–Crippen MR) is 77.4 cm³/mol. The maximum Gasteiger partial charge on any atom is 0.325 e. The molecule has 4 N–H and O–H groups in total. The Morgan fingerprint density at radius 3 is 2.86 bits per heavy atom. The number of carbonyl (C=O) groups excluding carboxylic acids is 1. The first kappa shape index (κ1) is 15.0. The van der Waals surface area contributed by atoms with Crippen molar-refractivity contribution in [3.8, 4) is 11.5 Å². The van der Waals surface area contributed by atoms with E-state index in [0.717, 1.165) is 6.20 Å². The van der Waals surface area contributed by atoms with Crippen molar-refractivity contribution >= 4 is 12.1 Å². The number of phenolic OH excluding ortho intramolecular Hbond substituents is 1. The normalized spacial score (nSPS) is 10.6. The summed E-state index contributed by atoms with van der Waals surface area (Å²) in [5.41, 5.74) is 0.904. The first-order valence-corrected chi connectivity index (χ1v) is 6.03. The Hall–Kier alpha value is -3.36. The predicted octanol–water partition coefficient (Wildman–Crippen LogP) is -0.459. The number of aromatic hydroxyl groups is 1. The Kier molecular flexibility index (Phi) is 4.37. The molecule has 0 saturated carbocycles. The molecule has 2 rings (SSSR count). The van der Waals surface area contributed by atoms with Crippen LogP contribution in [0, 0.1) is 0 Å². The van der Waals surface area contributed by atoms with E-state index in [9.17, 15) is 19.5 Å². The quantitative estimate of drug-likeness (QED) is 0.447. The lowest BCUT2D eigenvalue weighted by atomic mass is 10.2. The van der Waals surface area contributed by atoms with Crippen molar-refractivity contribution in [1.29, 1.82) is 0 Å². The molecule has 2 aromatic rings. The van der Waals surface area contributed by atoms with Crippen LogP contribution >= 0.6 is 0 Å². The number of carbonyl (C=O) groups is 1. The van der Waals surface area contributed by atoms with E-state index in [0.29, 0.717) is 5.56 Å². The number of methoxy groups -OCH3 is 1. The van der Waals surface area contributed by atoms with Crippen molar-refractivity contribution < 1.29 is 14.6 Å². The Balaban J connectivity index is 2.10. The summed E-state index contributed by atoms with van der Waals surface area (Å²) in [5, 5.41) is 13.1. The zero-order valence-electron chi connectivity index (χ0n) is 11.4. The minimum Gasteiger partial charge on any atom is -0.504 e. The van der Waals surface area contributed by atoms with Crippen molar-refractivity contribution in [2.45, 2.75) is 0 Å². The highest BCUT2D eigenvalue weighted by Crippen LogP contribution is 2.25. The molecule has 9 nitrogen and oxygen atoms in total. The minimum absolute atomic E-state index is 0.0246. The third-order valence-corrected chi connectivity index (χ3v) is 2.65. The van der Waals surface area contributed by atoms with Crippen molar-refractivity contribution in [2.75, 3.05) is 7.11 Å². The zero-order valence-corrected chi connectivity index (χ0v) is 11.4. The Labute approximate surface area is 123 Å². The Morgan fingerprint density at radius 2 is 2.18 bits per heavy atom. The molecule has 1 aromatic heterocycles. The number of aromatic nitrogens is 2. The lowest BCUT2D eigenvalue weighted by Gasteiger charge is -2.03. The van der Waals surface area contributed by atoms with Gasteiger partial charge in [0.15, 0.2) is 11.5 Å². The minimum atomic E-state index is -0.817. The van der Waals surface area contributed by atoms with Gasteiger partial charge in [0.1, 0.15) is 5.56 Å². The van der Waals surface area contributed by atoms with Gasteiger partial charge >= 0.3 is 5.69 Å². The van der Waals surface area contributed by atoms with E-state index in [1.165, 1.54) is 25.5 Å². The zero-order chi connectivity index (χ0) is 16.1. The van der Waals surface area contributed by atoms with Crippen LogP contribution in [-0.2, 0) is 0 Å². The van der Waals surface area contributed by atoms with Gasteiger partial charge in [0.2, 0.25) is 0 Å². The summed E-state index contributed by atoms with van der Waals surface area (Å²) in [6.07, 6.45) is 2.30. The third-order valence-electron chi connectivity index (χ3n) is 2.65. The molecule has 0 unspecified atom stereocenters. The van der Waals surface area contributed by atoms with Gasteiger partial charge in [-0.1, -0.05) is 0 Å². The first-order chi connectivity index (χ1) is 10.5. The maximum absolute atomic E-state index is 11.7. The molecule has 0 spiro atoms. The molecule has 9 heteroatoms. The smallest absolute Gasteiger partial charge is 0.325 e. The third kappa shape index (κ3) is 3.39. The fourth-order valence-corrected chi connectivity index (χ4v) is 1.58. The van der Waals surface area contributed by atoms with Crippen LogP contribution in [0.25, 0.3) is 0 Å². The molecule has 0 aliphatic carbocycles. The highest BCUT2D eigenvalue weighted by Gasteiger charge is 2.09. The van der Waals surface area contributed by atoms with E-state index in [2.05, 4.69) is 15.5 Å². The molecule has 1 aromatic carbocycles. The van der Waals surface area contributed by atoms with Gasteiger partial charge in [-0.2, -0.15) is 5.10 Å². The van der Waals surface area contributed by atoms with E-state index in [-0.39, 0.29) is 17.1 Å². The molecule has 0 atom stereocenters. The molecule has 0 radical (unpaired) electrons. The number of nitrogens with zero attached hydrogens (tertiary/aromatic N) is 1. The van der Waals surface area contributed by atoms with Crippen LogP contribution in [0.1, 0.15) is 15.9 Å². The average Bonchev–Trinajstić information content (AvgIpc) is 2.48. The number of amides is 1. The first-order valence-electron chi connectivity index (χ1n) is 6.03. The second kappa shape index (κ2) is 6.39. The summed E-state index contributed by atoms with van der Waals surface area (Å²) < 4.78 is 4.93. The number of nitrogens with one attached hydrogen (secondary N) is 3. The monoisotopic (exact) mass is 304 g/mol. The number of rotatable bonds is 4. The topological polar surface area (TPSA) is 137 Å². The largest absolute Gasteiger partial charge is 0.504 e. The fourth-order valence-electron chi connectivity index (χ4n) is 1.58. The number of aromatic amines is 2. The standard InChI is InChI=1S/C13H12N4O5/c1-22-10-4-7(2-3-9(10)18)5-15-17-12(20)8-6-14-13(21)16-11(8)19/h2-6,18H,1H3,(H,17,20)(H2,14,16,19,21). The number of hydrazone groups is 1. The summed E-state index contributed by atoms with van der Waals surface area (Å²) >= 11 is 0. The van der Waals surface area contributed by atoms with Gasteiger partial charge < -0.3 is 14.8 Å². The van der Waals surface area contributed by atoms with Crippen molar-refractivity contribution in [1.82, 2.24) is 15.4 Å². The van der Waals surface area contributed by atoms with E-state index < -0.39 is 17.2 Å². The fraction of sp³-hybridized carbons (Fsp3) is 0.0769. The van der Waals surface area contributed by atoms with E-state index in [1.807, 2.05) is 4.98 Å². The van der Waals surface area contributed by atoms with E-state index in [1.54, 1.807) is 6.07 Å². The van der Waals surface area contributed by atoms with Crippen molar-refractivity contribution in [3.63, 3.8) is 0 Å². The molecule has 22 heavy (non-hydrogen) atoms. The number of hydrogen-bond donors (Lipinski definition) is 4. The molecular formula is C13H12N4O5. The Bertz CT molecular complexity index is 837. The number of phenols is 1. The molecule has 0 bridgehead atoms. The van der Waals surface area contributed by atoms with Crippen LogP contribution in [-0.4, -0.2) is 34.3 Å². The number of benzene rings is 1. The van der Waals surface area contributed by atoms with Crippen LogP contribution in [0.5, 0.6) is 11.5 Å². The van der Waals surface area contributed by atoms with Gasteiger partial charge in [0.05, 0.1) is 13.3 Å². The van der Waals surface area contributed by atoms with Gasteiger partial charge in [-0.15, -0.1) is 0 Å². The SMILES string of the molecule is COc1cc(C=NNC(=O)c2c[nH]c(=O)[nH]c2=O)ccc1O. The molecule has 0 fully saturated rings. The number of H-pyrrole nitrogens is 2. The van der Waals surface area contributed by atoms with E-state index >= 15 is 0 Å². The lowest BCUT2D eigenvalue weighted by Crippen LogP contribution is -2.31. The summed E-state index contributed by atoms with van der Waals surface area (Å²) in [5.74, 6) is -0.546. The Morgan fingerprint density at radius 1 is 1.41 bits per heavy atom. The van der Waals surface area contributed by atoms with Crippen molar-refractivity contribution in [3.05, 3.63) is 56.4 Å². The van der Waals surface area contributed by atoms with E-state index in [4.69, 9.17) is 4.74 Å².